The van der Waals surface area contributed by atoms with Crippen molar-refractivity contribution in [3.63, 3.8) is 0 Å². The third-order valence-corrected chi connectivity index (χ3v) is 3.92. The average molecular weight is 257 g/mol. The molecule has 4 nitrogen and oxygen atoms in total. The molecule has 1 aliphatic carbocycles. The van der Waals surface area contributed by atoms with Gasteiger partial charge < -0.3 is 10.3 Å². The van der Waals surface area contributed by atoms with Crippen molar-refractivity contribution >= 4 is 5.69 Å². The van der Waals surface area contributed by atoms with Crippen LogP contribution in [0.4, 0.5) is 5.69 Å². The number of rotatable bonds is 4. The summed E-state index contributed by atoms with van der Waals surface area (Å²) in [6.07, 6.45) is 2.84. The highest BCUT2D eigenvalue weighted by Gasteiger charge is 2.49. The van der Waals surface area contributed by atoms with Crippen molar-refractivity contribution in [2.45, 2.75) is 39.0 Å². The molecule has 100 valence electrons. The van der Waals surface area contributed by atoms with Crippen LogP contribution in [0.1, 0.15) is 43.5 Å². The highest BCUT2D eigenvalue weighted by molar-refractivity contribution is 5.39. The molecule has 0 radical (unpaired) electrons. The number of nitrogen functional groups attached to an aromatic ring is 1. The zero-order chi connectivity index (χ0) is 13.5. The molecule has 1 saturated carbocycles. The van der Waals surface area contributed by atoms with E-state index in [1.54, 1.807) is 0 Å². The number of anilines is 1. The first-order chi connectivity index (χ1) is 9.04. The van der Waals surface area contributed by atoms with E-state index in [0.717, 1.165) is 36.7 Å². The minimum Gasteiger partial charge on any atom is -0.399 e. The first kappa shape index (κ1) is 12.2. The van der Waals surface area contributed by atoms with Gasteiger partial charge in [0.25, 0.3) is 0 Å². The number of hydrogen-bond acceptors (Lipinski definition) is 4. The van der Waals surface area contributed by atoms with E-state index >= 15 is 0 Å². The van der Waals surface area contributed by atoms with E-state index in [-0.39, 0.29) is 0 Å². The van der Waals surface area contributed by atoms with Gasteiger partial charge in [0, 0.05) is 18.0 Å². The molecule has 0 bridgehead atoms. The molecule has 19 heavy (non-hydrogen) atoms. The summed E-state index contributed by atoms with van der Waals surface area (Å²) < 4.78 is 5.32. The topological polar surface area (TPSA) is 64.9 Å². The van der Waals surface area contributed by atoms with E-state index in [0.29, 0.717) is 11.3 Å². The SMILES string of the molecule is CC1(C)CC1c1noc(CCc2ccc(N)cc2)n1. The van der Waals surface area contributed by atoms with Gasteiger partial charge in [-0.1, -0.05) is 31.1 Å². The van der Waals surface area contributed by atoms with Crippen molar-refractivity contribution in [1.82, 2.24) is 10.1 Å². The number of aryl methyl sites for hydroxylation is 2. The fourth-order valence-corrected chi connectivity index (χ4v) is 2.35. The van der Waals surface area contributed by atoms with Crippen molar-refractivity contribution in [2.24, 2.45) is 5.41 Å². The van der Waals surface area contributed by atoms with E-state index in [2.05, 4.69) is 24.0 Å². The zero-order valence-corrected chi connectivity index (χ0v) is 11.4. The van der Waals surface area contributed by atoms with E-state index in [9.17, 15) is 0 Å². The van der Waals surface area contributed by atoms with Gasteiger partial charge in [0.2, 0.25) is 5.89 Å². The lowest BCUT2D eigenvalue weighted by Gasteiger charge is -1.99. The number of benzene rings is 1. The summed E-state index contributed by atoms with van der Waals surface area (Å²) >= 11 is 0. The zero-order valence-electron chi connectivity index (χ0n) is 11.4. The number of aromatic nitrogens is 2. The highest BCUT2D eigenvalue weighted by atomic mass is 16.5. The lowest BCUT2D eigenvalue weighted by Crippen LogP contribution is -1.94. The molecule has 1 atom stereocenters. The van der Waals surface area contributed by atoms with Crippen LogP contribution < -0.4 is 5.73 Å². The van der Waals surface area contributed by atoms with Gasteiger partial charge in [-0.25, -0.2) is 0 Å². The van der Waals surface area contributed by atoms with Crippen LogP contribution in [0, 0.1) is 5.41 Å². The van der Waals surface area contributed by atoms with Crippen LogP contribution in [0.2, 0.25) is 0 Å². The second-order valence-corrected chi connectivity index (χ2v) is 6.03. The molecule has 0 spiro atoms. The quantitative estimate of drug-likeness (QED) is 0.855. The molecule has 4 heteroatoms. The summed E-state index contributed by atoms with van der Waals surface area (Å²) in [5.74, 6) is 2.08. The van der Waals surface area contributed by atoms with E-state index in [1.807, 2.05) is 24.3 Å². The Bertz CT molecular complexity index is 571. The fourth-order valence-electron chi connectivity index (χ4n) is 2.35. The molecule has 0 saturated heterocycles. The van der Waals surface area contributed by atoms with Gasteiger partial charge in [0.05, 0.1) is 0 Å². The van der Waals surface area contributed by atoms with Gasteiger partial charge in [-0.15, -0.1) is 0 Å². The second-order valence-electron chi connectivity index (χ2n) is 6.03. The Labute approximate surface area is 113 Å². The first-order valence-corrected chi connectivity index (χ1v) is 6.71. The standard InChI is InChI=1S/C15H19N3O/c1-15(2)9-12(15)14-17-13(19-18-14)8-5-10-3-6-11(16)7-4-10/h3-4,6-7,12H,5,8-9,16H2,1-2H3. The van der Waals surface area contributed by atoms with Gasteiger partial charge in [0.1, 0.15) is 0 Å². The third-order valence-electron chi connectivity index (χ3n) is 3.92. The Balaban J connectivity index is 1.60. The van der Waals surface area contributed by atoms with Crippen LogP contribution in [-0.2, 0) is 12.8 Å². The van der Waals surface area contributed by atoms with Crippen molar-refractivity contribution < 1.29 is 4.52 Å². The molecular weight excluding hydrogens is 238 g/mol. The number of nitrogens with two attached hydrogens (primary N) is 1. The Hall–Kier alpha value is -1.84. The maximum absolute atomic E-state index is 5.66. The summed E-state index contributed by atoms with van der Waals surface area (Å²) in [5, 5.41) is 4.09. The molecule has 2 aromatic rings. The molecule has 1 aromatic carbocycles. The molecule has 0 aliphatic heterocycles. The van der Waals surface area contributed by atoms with E-state index in [4.69, 9.17) is 10.3 Å². The fraction of sp³-hybridized carbons (Fsp3) is 0.467. The first-order valence-electron chi connectivity index (χ1n) is 6.71. The summed E-state index contributed by atoms with van der Waals surface area (Å²) in [7, 11) is 0. The van der Waals surface area contributed by atoms with Crippen LogP contribution in [-0.4, -0.2) is 10.1 Å². The minimum absolute atomic E-state index is 0.345. The van der Waals surface area contributed by atoms with Crippen molar-refractivity contribution in [3.8, 4) is 0 Å². The second kappa shape index (κ2) is 4.37. The minimum atomic E-state index is 0.345. The van der Waals surface area contributed by atoms with Crippen LogP contribution in [0.15, 0.2) is 28.8 Å². The van der Waals surface area contributed by atoms with Gasteiger partial charge in [0.15, 0.2) is 5.82 Å². The van der Waals surface area contributed by atoms with Gasteiger partial charge in [-0.2, -0.15) is 4.98 Å². The summed E-state index contributed by atoms with van der Waals surface area (Å²) in [4.78, 5) is 4.50. The third kappa shape index (κ3) is 2.62. The smallest absolute Gasteiger partial charge is 0.226 e. The Kier molecular flexibility index (Phi) is 2.81. The summed E-state index contributed by atoms with van der Waals surface area (Å²) in [6.45, 7) is 4.48. The molecule has 1 aromatic heterocycles. The van der Waals surface area contributed by atoms with Crippen LogP contribution in [0.25, 0.3) is 0 Å². The van der Waals surface area contributed by atoms with Gasteiger partial charge in [-0.05, 0) is 36.0 Å². The molecular formula is C15H19N3O. The summed E-state index contributed by atoms with van der Waals surface area (Å²) in [6, 6.07) is 7.91. The molecule has 3 rings (SSSR count). The van der Waals surface area contributed by atoms with Crippen LogP contribution >= 0.6 is 0 Å². The maximum Gasteiger partial charge on any atom is 0.226 e. The van der Waals surface area contributed by atoms with Gasteiger partial charge in [-0.3, -0.25) is 0 Å². The molecule has 0 amide bonds. The Morgan fingerprint density at radius 3 is 2.58 bits per heavy atom. The molecule has 1 fully saturated rings. The Morgan fingerprint density at radius 1 is 1.26 bits per heavy atom. The largest absolute Gasteiger partial charge is 0.399 e. The normalized spacial score (nSPS) is 20.4. The molecule has 1 heterocycles. The lowest BCUT2D eigenvalue weighted by atomic mass is 10.1. The molecule has 1 unspecified atom stereocenters. The van der Waals surface area contributed by atoms with Crippen molar-refractivity contribution in [3.05, 3.63) is 41.5 Å². The number of nitrogens with zero attached hydrogens (tertiary/aromatic N) is 2. The highest BCUT2D eigenvalue weighted by Crippen LogP contribution is 2.57. The molecule has 1 aliphatic rings. The van der Waals surface area contributed by atoms with E-state index in [1.165, 1.54) is 5.56 Å². The van der Waals surface area contributed by atoms with Crippen molar-refractivity contribution in [1.29, 1.82) is 0 Å². The predicted octanol–water partition coefficient (Wildman–Crippen LogP) is 2.95. The summed E-state index contributed by atoms with van der Waals surface area (Å²) in [5.41, 5.74) is 8.04. The monoisotopic (exact) mass is 257 g/mol. The van der Waals surface area contributed by atoms with Crippen molar-refractivity contribution in [2.75, 3.05) is 5.73 Å². The van der Waals surface area contributed by atoms with Crippen LogP contribution in [0.3, 0.4) is 0 Å². The van der Waals surface area contributed by atoms with Crippen LogP contribution in [0.5, 0.6) is 0 Å². The molecule has 2 N–H and O–H groups in total. The van der Waals surface area contributed by atoms with E-state index < -0.39 is 0 Å². The lowest BCUT2D eigenvalue weighted by molar-refractivity contribution is 0.371. The predicted molar refractivity (Wildman–Crippen MR) is 73.7 cm³/mol. The number of hydrogen-bond donors (Lipinski definition) is 1. The average Bonchev–Trinajstić information content (AvgIpc) is 2.83. The maximum atomic E-state index is 5.66. The van der Waals surface area contributed by atoms with Gasteiger partial charge >= 0.3 is 0 Å². The Morgan fingerprint density at radius 2 is 1.95 bits per heavy atom.